The molecule has 1 aromatic heterocycles. The van der Waals surface area contributed by atoms with Crippen LogP contribution in [0.3, 0.4) is 0 Å². The van der Waals surface area contributed by atoms with Gasteiger partial charge in [0.1, 0.15) is 0 Å². The van der Waals surface area contributed by atoms with E-state index < -0.39 is 5.97 Å². The van der Waals surface area contributed by atoms with Crippen LogP contribution in [0.2, 0.25) is 0 Å². The van der Waals surface area contributed by atoms with Crippen molar-refractivity contribution in [3.63, 3.8) is 0 Å². The molecule has 19 heavy (non-hydrogen) atoms. The zero-order valence-electron chi connectivity index (χ0n) is 10.5. The first-order valence-electron chi connectivity index (χ1n) is 6.19. The predicted molar refractivity (Wildman–Crippen MR) is 75.0 cm³/mol. The maximum Gasteiger partial charge on any atom is 0.356 e. The Morgan fingerprint density at radius 3 is 2.95 bits per heavy atom. The van der Waals surface area contributed by atoms with Gasteiger partial charge in [-0.1, -0.05) is 12.1 Å². The predicted octanol–water partition coefficient (Wildman–Crippen LogP) is 3.13. The standard InChI is InChI=1S/C14H13BrN2O2/c1-8-4-2-7-11(12(8)15)17-10-6-3-5-9(10)13(16-17)14(18)19/h2,4,7H,3,5-6H2,1H3,(H,18,19). The molecular weight excluding hydrogens is 308 g/mol. The summed E-state index contributed by atoms with van der Waals surface area (Å²) in [5, 5.41) is 13.5. The van der Waals surface area contributed by atoms with E-state index in [9.17, 15) is 9.90 Å². The first kappa shape index (κ1) is 12.4. The lowest BCUT2D eigenvalue weighted by atomic mass is 10.2. The molecular formula is C14H13BrN2O2. The molecule has 1 aliphatic rings. The van der Waals surface area contributed by atoms with E-state index in [4.69, 9.17) is 0 Å². The van der Waals surface area contributed by atoms with Gasteiger partial charge in [0.05, 0.1) is 5.69 Å². The van der Waals surface area contributed by atoms with E-state index in [1.165, 1.54) is 0 Å². The van der Waals surface area contributed by atoms with Crippen LogP contribution in [0.1, 0.15) is 33.7 Å². The van der Waals surface area contributed by atoms with Crippen molar-refractivity contribution in [2.75, 3.05) is 0 Å². The molecule has 0 bridgehead atoms. The summed E-state index contributed by atoms with van der Waals surface area (Å²) >= 11 is 3.56. The van der Waals surface area contributed by atoms with Crippen LogP contribution >= 0.6 is 15.9 Å². The molecule has 1 heterocycles. The average molecular weight is 321 g/mol. The number of benzene rings is 1. The van der Waals surface area contributed by atoms with Gasteiger partial charge in [-0.2, -0.15) is 5.10 Å². The fourth-order valence-electron chi connectivity index (χ4n) is 2.60. The van der Waals surface area contributed by atoms with Gasteiger partial charge in [0.2, 0.25) is 0 Å². The lowest BCUT2D eigenvalue weighted by molar-refractivity contribution is 0.0689. The van der Waals surface area contributed by atoms with E-state index in [0.717, 1.165) is 46.2 Å². The Morgan fingerprint density at radius 1 is 1.42 bits per heavy atom. The number of carboxylic acids is 1. The maximum absolute atomic E-state index is 11.3. The van der Waals surface area contributed by atoms with Crippen molar-refractivity contribution >= 4 is 21.9 Å². The summed E-state index contributed by atoms with van der Waals surface area (Å²) in [6.45, 7) is 2.01. The molecule has 0 amide bonds. The molecule has 3 rings (SSSR count). The molecule has 0 saturated carbocycles. The van der Waals surface area contributed by atoms with Crippen LogP contribution in [0.5, 0.6) is 0 Å². The SMILES string of the molecule is Cc1cccc(-n2nc(C(=O)O)c3c2CCC3)c1Br. The van der Waals surface area contributed by atoms with Gasteiger partial charge in [0.15, 0.2) is 5.69 Å². The molecule has 0 radical (unpaired) electrons. The first-order chi connectivity index (χ1) is 9.09. The molecule has 0 spiro atoms. The van der Waals surface area contributed by atoms with Crippen molar-refractivity contribution in [2.45, 2.75) is 26.2 Å². The molecule has 0 unspecified atom stereocenters. The van der Waals surface area contributed by atoms with E-state index in [2.05, 4.69) is 21.0 Å². The Hall–Kier alpha value is -1.62. The zero-order valence-corrected chi connectivity index (χ0v) is 12.1. The smallest absolute Gasteiger partial charge is 0.356 e. The summed E-state index contributed by atoms with van der Waals surface area (Å²) in [6.07, 6.45) is 2.69. The molecule has 1 aromatic carbocycles. The number of rotatable bonds is 2. The second kappa shape index (κ2) is 4.49. The van der Waals surface area contributed by atoms with Crippen molar-refractivity contribution in [1.82, 2.24) is 9.78 Å². The number of carboxylic acid groups (broad SMARTS) is 1. The summed E-state index contributed by atoms with van der Waals surface area (Å²) in [5.41, 5.74) is 4.13. The molecule has 0 atom stereocenters. The largest absolute Gasteiger partial charge is 0.476 e. The molecule has 4 nitrogen and oxygen atoms in total. The van der Waals surface area contributed by atoms with Gasteiger partial charge in [-0.3, -0.25) is 0 Å². The highest BCUT2D eigenvalue weighted by Crippen LogP contribution is 2.31. The Kier molecular flexibility index (Phi) is 2.93. The Bertz CT molecular complexity index is 676. The summed E-state index contributed by atoms with van der Waals surface area (Å²) < 4.78 is 2.74. The van der Waals surface area contributed by atoms with Gasteiger partial charge in [-0.15, -0.1) is 0 Å². The van der Waals surface area contributed by atoms with E-state index in [0.29, 0.717) is 0 Å². The van der Waals surface area contributed by atoms with E-state index in [-0.39, 0.29) is 5.69 Å². The first-order valence-corrected chi connectivity index (χ1v) is 6.98. The third-order valence-electron chi connectivity index (χ3n) is 3.53. The highest BCUT2D eigenvalue weighted by Gasteiger charge is 2.27. The number of aromatic carboxylic acids is 1. The minimum absolute atomic E-state index is 0.195. The van der Waals surface area contributed by atoms with Crippen molar-refractivity contribution in [2.24, 2.45) is 0 Å². The van der Waals surface area contributed by atoms with Gasteiger partial charge in [0.25, 0.3) is 0 Å². The van der Waals surface area contributed by atoms with Crippen molar-refractivity contribution in [1.29, 1.82) is 0 Å². The van der Waals surface area contributed by atoms with Crippen LogP contribution < -0.4 is 0 Å². The average Bonchev–Trinajstić information content (AvgIpc) is 2.94. The molecule has 2 aromatic rings. The number of aryl methyl sites for hydroxylation is 1. The Labute approximate surface area is 119 Å². The number of halogens is 1. The van der Waals surface area contributed by atoms with Crippen LogP contribution in [0, 0.1) is 6.92 Å². The van der Waals surface area contributed by atoms with Gasteiger partial charge in [0, 0.05) is 15.7 Å². The quantitative estimate of drug-likeness (QED) is 0.924. The number of nitrogens with zero attached hydrogens (tertiary/aromatic N) is 2. The summed E-state index contributed by atoms with van der Waals surface area (Å²) in [6, 6.07) is 5.92. The van der Waals surface area contributed by atoms with Crippen molar-refractivity contribution in [3.05, 3.63) is 45.2 Å². The van der Waals surface area contributed by atoms with Crippen LogP contribution in [0.15, 0.2) is 22.7 Å². The van der Waals surface area contributed by atoms with Gasteiger partial charge in [-0.25, -0.2) is 9.48 Å². The van der Waals surface area contributed by atoms with Gasteiger partial charge >= 0.3 is 5.97 Å². The Balaban J connectivity index is 2.24. The van der Waals surface area contributed by atoms with E-state index >= 15 is 0 Å². The lowest BCUT2D eigenvalue weighted by Gasteiger charge is -2.09. The molecule has 0 aliphatic heterocycles. The van der Waals surface area contributed by atoms with E-state index in [1.807, 2.05) is 25.1 Å². The monoisotopic (exact) mass is 320 g/mol. The fraction of sp³-hybridized carbons (Fsp3) is 0.286. The molecule has 0 saturated heterocycles. The van der Waals surface area contributed by atoms with Gasteiger partial charge in [-0.05, 0) is 53.7 Å². The Morgan fingerprint density at radius 2 is 2.21 bits per heavy atom. The molecule has 0 fully saturated rings. The second-order valence-electron chi connectivity index (χ2n) is 4.75. The molecule has 5 heteroatoms. The van der Waals surface area contributed by atoms with Crippen molar-refractivity contribution < 1.29 is 9.90 Å². The van der Waals surface area contributed by atoms with Gasteiger partial charge < -0.3 is 5.11 Å². The minimum Gasteiger partial charge on any atom is -0.476 e. The van der Waals surface area contributed by atoms with Crippen LogP contribution in [0.25, 0.3) is 5.69 Å². The van der Waals surface area contributed by atoms with Crippen molar-refractivity contribution in [3.8, 4) is 5.69 Å². The molecule has 1 aliphatic carbocycles. The second-order valence-corrected chi connectivity index (χ2v) is 5.55. The number of hydrogen-bond donors (Lipinski definition) is 1. The molecule has 1 N–H and O–H groups in total. The summed E-state index contributed by atoms with van der Waals surface area (Å²) in [7, 11) is 0. The normalized spacial score (nSPS) is 13.6. The molecule has 98 valence electrons. The number of fused-ring (bicyclic) bond motifs is 1. The van der Waals surface area contributed by atoms with Crippen LogP contribution in [-0.2, 0) is 12.8 Å². The van der Waals surface area contributed by atoms with Crippen LogP contribution in [0.4, 0.5) is 0 Å². The maximum atomic E-state index is 11.3. The zero-order chi connectivity index (χ0) is 13.6. The topological polar surface area (TPSA) is 55.1 Å². The minimum atomic E-state index is -0.944. The fourth-order valence-corrected chi connectivity index (χ4v) is 3.04. The number of aromatic nitrogens is 2. The number of hydrogen-bond acceptors (Lipinski definition) is 2. The third kappa shape index (κ3) is 1.89. The summed E-state index contributed by atoms with van der Waals surface area (Å²) in [4.78, 5) is 11.3. The number of carbonyl (C=O) groups is 1. The lowest BCUT2D eigenvalue weighted by Crippen LogP contribution is -2.05. The van der Waals surface area contributed by atoms with Crippen LogP contribution in [-0.4, -0.2) is 20.9 Å². The van der Waals surface area contributed by atoms with E-state index in [1.54, 1.807) is 4.68 Å². The summed E-state index contributed by atoms with van der Waals surface area (Å²) in [5.74, 6) is -0.944. The third-order valence-corrected chi connectivity index (χ3v) is 4.56. The highest BCUT2D eigenvalue weighted by atomic mass is 79.9. The highest BCUT2D eigenvalue weighted by molar-refractivity contribution is 9.10.